The highest BCUT2D eigenvalue weighted by atomic mass is 32.2. The van der Waals surface area contributed by atoms with Crippen LogP contribution in [0, 0.1) is 17.8 Å². The summed E-state index contributed by atoms with van der Waals surface area (Å²) in [5.74, 6) is 0.995. The third-order valence-electron chi connectivity index (χ3n) is 7.73. The Morgan fingerprint density at radius 1 is 1.21 bits per heavy atom. The lowest BCUT2D eigenvalue weighted by Gasteiger charge is -2.59. The second kappa shape index (κ2) is 11.2. The number of rotatable bonds is 9. The van der Waals surface area contributed by atoms with E-state index in [1.165, 1.54) is 7.11 Å². The van der Waals surface area contributed by atoms with E-state index < -0.39 is 17.2 Å². The van der Waals surface area contributed by atoms with Crippen molar-refractivity contribution in [3.8, 4) is 0 Å². The lowest BCUT2D eigenvalue weighted by atomic mass is 9.52. The number of hydrogen-bond acceptors (Lipinski definition) is 7. The molecule has 4 bridgehead atoms. The zero-order valence-electron chi connectivity index (χ0n) is 23.2. The van der Waals surface area contributed by atoms with Crippen molar-refractivity contribution < 1.29 is 23.9 Å². The SMILES string of the molecule is CCNC(=O)OC12CC3CC(C1)C(NC(=O)c1cnn(/C=C/C(C)(C)NC(=O)OC)c1SC(C)C)C(C3)C2. The van der Waals surface area contributed by atoms with E-state index in [2.05, 4.69) is 34.9 Å². The Hall–Kier alpha value is -2.69. The van der Waals surface area contributed by atoms with E-state index in [0.717, 1.165) is 37.1 Å². The van der Waals surface area contributed by atoms with Crippen LogP contribution in [0.3, 0.4) is 0 Å². The minimum absolute atomic E-state index is 0.0593. The molecule has 11 heteroatoms. The van der Waals surface area contributed by atoms with Crippen LogP contribution in [0.15, 0.2) is 17.3 Å². The summed E-state index contributed by atoms with van der Waals surface area (Å²) in [5, 5.41) is 14.3. The van der Waals surface area contributed by atoms with Crippen molar-refractivity contribution in [1.82, 2.24) is 25.7 Å². The average Bonchev–Trinajstić information content (AvgIpc) is 3.21. The maximum atomic E-state index is 13.6. The largest absolute Gasteiger partial charge is 0.453 e. The maximum absolute atomic E-state index is 13.6. The third kappa shape index (κ3) is 6.30. The number of nitrogens with zero attached hydrogens (tertiary/aromatic N) is 2. The van der Waals surface area contributed by atoms with Gasteiger partial charge in [-0.05, 0) is 76.7 Å². The van der Waals surface area contributed by atoms with Crippen LogP contribution in [0.25, 0.3) is 6.20 Å². The van der Waals surface area contributed by atoms with E-state index in [9.17, 15) is 14.4 Å². The first kappa shape index (κ1) is 28.3. The average molecular weight is 548 g/mol. The first-order valence-corrected chi connectivity index (χ1v) is 14.4. The van der Waals surface area contributed by atoms with Gasteiger partial charge < -0.3 is 25.4 Å². The summed E-state index contributed by atoms with van der Waals surface area (Å²) in [6, 6.07) is 0.0593. The fourth-order valence-electron chi connectivity index (χ4n) is 6.48. The van der Waals surface area contributed by atoms with Gasteiger partial charge in [-0.2, -0.15) is 5.10 Å². The molecule has 0 saturated heterocycles. The molecule has 2 atom stereocenters. The molecule has 0 spiro atoms. The highest BCUT2D eigenvalue weighted by Gasteiger charge is 2.57. The molecule has 1 aromatic heterocycles. The number of thioether (sulfide) groups is 1. The second-order valence-corrected chi connectivity index (χ2v) is 13.3. The van der Waals surface area contributed by atoms with Crippen molar-refractivity contribution in [2.45, 2.75) is 94.2 Å². The second-order valence-electron chi connectivity index (χ2n) is 11.7. The number of nitrogens with one attached hydrogen (secondary N) is 3. The number of carbonyl (C=O) groups is 3. The van der Waals surface area contributed by atoms with Gasteiger partial charge in [-0.3, -0.25) is 4.79 Å². The molecule has 3 N–H and O–H groups in total. The molecule has 10 nitrogen and oxygen atoms in total. The van der Waals surface area contributed by atoms with Crippen LogP contribution >= 0.6 is 11.8 Å². The standard InChI is InChI=1S/C27H41N5O5S/c1-7-28-24(34)37-27-12-17-10-18(13-27)21(19(11-17)14-27)30-22(33)20-15-29-32(23(20)38-16(2)3)9-8-26(4,5)31-25(35)36-6/h8-9,15-19,21H,7,10-14H2,1-6H3,(H,28,34)(H,30,33)(H,31,35)/b9-8+. The fraction of sp³-hybridized carbons (Fsp3) is 0.704. The summed E-state index contributed by atoms with van der Waals surface area (Å²) in [6.07, 6.45) is 8.95. The van der Waals surface area contributed by atoms with Crippen LogP contribution in [-0.2, 0) is 9.47 Å². The Labute approximate surface area is 229 Å². The lowest BCUT2D eigenvalue weighted by Crippen LogP contribution is -2.63. The van der Waals surface area contributed by atoms with E-state index in [4.69, 9.17) is 9.47 Å². The van der Waals surface area contributed by atoms with Gasteiger partial charge in [0.2, 0.25) is 0 Å². The summed E-state index contributed by atoms with van der Waals surface area (Å²) in [6.45, 7) is 10.3. The van der Waals surface area contributed by atoms with Gasteiger partial charge in [0.25, 0.3) is 5.91 Å². The normalized spacial score (nSPS) is 28.0. The molecule has 4 aliphatic rings. The van der Waals surface area contributed by atoms with Crippen LogP contribution in [0.4, 0.5) is 9.59 Å². The van der Waals surface area contributed by atoms with Gasteiger partial charge in [0, 0.05) is 24.0 Å². The third-order valence-corrected chi connectivity index (χ3v) is 8.83. The summed E-state index contributed by atoms with van der Waals surface area (Å²) >= 11 is 1.57. The van der Waals surface area contributed by atoms with E-state index in [1.807, 2.05) is 26.8 Å². The quantitative estimate of drug-likeness (QED) is 0.391. The van der Waals surface area contributed by atoms with E-state index in [-0.39, 0.29) is 23.3 Å². The first-order valence-electron chi connectivity index (χ1n) is 13.5. The minimum atomic E-state index is -0.673. The van der Waals surface area contributed by atoms with Crippen LogP contribution in [0.5, 0.6) is 0 Å². The molecule has 3 amide bonds. The van der Waals surface area contributed by atoms with Gasteiger partial charge >= 0.3 is 12.2 Å². The molecule has 2 unspecified atom stereocenters. The number of methoxy groups -OCH3 is 1. The minimum Gasteiger partial charge on any atom is -0.453 e. The van der Waals surface area contributed by atoms with E-state index in [0.29, 0.717) is 29.9 Å². The summed E-state index contributed by atoms with van der Waals surface area (Å²) in [5.41, 5.74) is -0.543. The summed E-state index contributed by atoms with van der Waals surface area (Å²) in [4.78, 5) is 37.5. The van der Waals surface area contributed by atoms with Gasteiger partial charge in [-0.1, -0.05) is 13.8 Å². The molecule has 1 heterocycles. The van der Waals surface area contributed by atoms with Crippen molar-refractivity contribution in [2.24, 2.45) is 17.8 Å². The number of ether oxygens (including phenoxy) is 2. The molecule has 38 heavy (non-hydrogen) atoms. The maximum Gasteiger partial charge on any atom is 0.407 e. The highest BCUT2D eigenvalue weighted by Crippen LogP contribution is 2.57. The van der Waals surface area contributed by atoms with Gasteiger partial charge in [-0.15, -0.1) is 11.8 Å². The van der Waals surface area contributed by atoms with Crippen molar-refractivity contribution >= 4 is 36.1 Å². The van der Waals surface area contributed by atoms with Gasteiger partial charge in [-0.25, -0.2) is 14.3 Å². The molecule has 4 fully saturated rings. The Bertz CT molecular complexity index is 1070. The number of carbonyl (C=O) groups excluding carboxylic acids is 3. The number of amides is 3. The van der Waals surface area contributed by atoms with Crippen molar-refractivity contribution in [3.63, 3.8) is 0 Å². The van der Waals surface area contributed by atoms with Crippen molar-refractivity contribution in [1.29, 1.82) is 0 Å². The summed E-state index contributed by atoms with van der Waals surface area (Å²) < 4.78 is 12.4. The smallest absolute Gasteiger partial charge is 0.407 e. The predicted octanol–water partition coefficient (Wildman–Crippen LogP) is 4.41. The van der Waals surface area contributed by atoms with Gasteiger partial charge in [0.05, 0.1) is 24.4 Å². The van der Waals surface area contributed by atoms with Crippen molar-refractivity contribution in [2.75, 3.05) is 13.7 Å². The predicted molar refractivity (Wildman–Crippen MR) is 146 cm³/mol. The Balaban J connectivity index is 1.49. The molecule has 4 saturated carbocycles. The molecular weight excluding hydrogens is 506 g/mol. The van der Waals surface area contributed by atoms with Crippen molar-refractivity contribution in [3.05, 3.63) is 17.8 Å². The number of hydrogen-bond donors (Lipinski definition) is 3. The molecule has 0 radical (unpaired) electrons. The summed E-state index contributed by atoms with van der Waals surface area (Å²) in [7, 11) is 1.32. The van der Waals surface area contributed by atoms with Crippen LogP contribution in [0.1, 0.15) is 77.1 Å². The zero-order chi connectivity index (χ0) is 27.7. The number of aromatic nitrogens is 2. The molecule has 0 aromatic carbocycles. The van der Waals surface area contributed by atoms with Crippen LogP contribution in [0.2, 0.25) is 0 Å². The van der Waals surface area contributed by atoms with Gasteiger partial charge in [0.1, 0.15) is 10.6 Å². The molecule has 0 aliphatic heterocycles. The molecular formula is C27H41N5O5S. The van der Waals surface area contributed by atoms with E-state index >= 15 is 0 Å². The zero-order valence-corrected chi connectivity index (χ0v) is 24.0. The topological polar surface area (TPSA) is 124 Å². The number of alkyl carbamates (subject to hydrolysis) is 2. The Kier molecular flexibility index (Phi) is 8.34. The lowest BCUT2D eigenvalue weighted by molar-refractivity contribution is -0.139. The fourth-order valence-corrected chi connectivity index (χ4v) is 7.42. The molecule has 1 aromatic rings. The Morgan fingerprint density at radius 2 is 1.89 bits per heavy atom. The molecule has 4 aliphatic carbocycles. The Morgan fingerprint density at radius 3 is 2.50 bits per heavy atom. The van der Waals surface area contributed by atoms with Crippen LogP contribution < -0.4 is 16.0 Å². The van der Waals surface area contributed by atoms with Crippen LogP contribution in [-0.4, -0.2) is 64.0 Å². The molecule has 5 rings (SSSR count). The highest BCUT2D eigenvalue weighted by molar-refractivity contribution is 7.99. The first-order chi connectivity index (χ1) is 17.9. The monoisotopic (exact) mass is 547 g/mol. The van der Waals surface area contributed by atoms with E-state index in [1.54, 1.807) is 28.8 Å². The molecule has 210 valence electrons. The van der Waals surface area contributed by atoms with Gasteiger partial charge in [0.15, 0.2) is 0 Å².